The number of methoxy groups -OCH3 is 1. The molecule has 0 saturated heterocycles. The van der Waals surface area contributed by atoms with Crippen LogP contribution in [0.2, 0.25) is 0 Å². The van der Waals surface area contributed by atoms with Crippen LogP contribution in [0, 0.1) is 20.8 Å². The highest BCUT2D eigenvalue weighted by Crippen LogP contribution is 2.33. The lowest BCUT2D eigenvalue weighted by molar-refractivity contribution is -0.113. The number of amides is 1. The van der Waals surface area contributed by atoms with E-state index < -0.39 is 5.97 Å². The number of thioether (sulfide) groups is 1. The fourth-order valence-corrected chi connectivity index (χ4v) is 4.53. The second-order valence-corrected chi connectivity index (χ2v) is 8.71. The number of ether oxygens (including phenoxy) is 1. The molecular weight excluding hydrogens is 408 g/mol. The molecule has 0 spiro atoms. The van der Waals surface area contributed by atoms with Gasteiger partial charge in [0.1, 0.15) is 5.00 Å². The number of hydrogen-bond acceptors (Lipinski definition) is 7. The molecule has 0 radical (unpaired) electrons. The smallest absolute Gasteiger partial charge is 0.341 e. The van der Waals surface area contributed by atoms with Gasteiger partial charge < -0.3 is 14.6 Å². The summed E-state index contributed by atoms with van der Waals surface area (Å²) in [6.07, 6.45) is 0. The molecule has 7 nitrogen and oxygen atoms in total. The lowest BCUT2D eigenvalue weighted by Crippen LogP contribution is -2.16. The highest BCUT2D eigenvalue weighted by molar-refractivity contribution is 7.99. The van der Waals surface area contributed by atoms with Crippen molar-refractivity contribution in [2.75, 3.05) is 18.2 Å². The first-order valence-corrected chi connectivity index (χ1v) is 10.7. The van der Waals surface area contributed by atoms with E-state index in [0.717, 1.165) is 21.8 Å². The van der Waals surface area contributed by atoms with Crippen LogP contribution in [0.5, 0.6) is 0 Å². The van der Waals surface area contributed by atoms with E-state index in [1.54, 1.807) is 0 Å². The number of aromatic nitrogens is 3. The molecule has 1 aromatic carbocycles. The molecule has 1 amide bonds. The SMILES string of the molecule is COC(=O)c1c(NC(=O)CSc2nnc(-c3ccc(C)cc3)n2C)sc(C)c1C. The maximum absolute atomic E-state index is 12.5. The van der Waals surface area contributed by atoms with Crippen LogP contribution < -0.4 is 5.32 Å². The number of hydrogen-bond donors (Lipinski definition) is 1. The standard InChI is InChI=1S/C20H22N4O3S2/c1-11-6-8-14(9-7-11)17-22-23-20(24(17)4)28-10-15(25)21-18-16(19(26)27-5)12(2)13(3)29-18/h6-9H,10H2,1-5H3,(H,21,25). The monoisotopic (exact) mass is 430 g/mol. The molecule has 29 heavy (non-hydrogen) atoms. The molecule has 9 heteroatoms. The molecule has 0 bridgehead atoms. The van der Waals surface area contributed by atoms with Gasteiger partial charge in [-0.05, 0) is 26.3 Å². The Morgan fingerprint density at radius 2 is 1.86 bits per heavy atom. The third-order valence-electron chi connectivity index (χ3n) is 4.50. The first-order chi connectivity index (χ1) is 13.8. The number of carbonyl (C=O) groups is 2. The van der Waals surface area contributed by atoms with Crippen molar-refractivity contribution in [3.63, 3.8) is 0 Å². The van der Waals surface area contributed by atoms with E-state index in [0.29, 0.717) is 15.7 Å². The van der Waals surface area contributed by atoms with Crippen LogP contribution in [0.15, 0.2) is 29.4 Å². The van der Waals surface area contributed by atoms with E-state index in [2.05, 4.69) is 15.5 Å². The predicted octanol–water partition coefficient (Wildman–Crippen LogP) is 3.99. The summed E-state index contributed by atoms with van der Waals surface area (Å²) >= 11 is 2.65. The maximum atomic E-state index is 12.5. The van der Waals surface area contributed by atoms with Crippen molar-refractivity contribution >= 4 is 40.0 Å². The number of thiophene rings is 1. The van der Waals surface area contributed by atoms with Crippen LogP contribution >= 0.6 is 23.1 Å². The normalized spacial score (nSPS) is 10.8. The van der Waals surface area contributed by atoms with Crippen LogP contribution in [0.25, 0.3) is 11.4 Å². The van der Waals surface area contributed by atoms with Crippen LogP contribution in [-0.2, 0) is 16.6 Å². The average Bonchev–Trinajstić information content (AvgIpc) is 3.19. The Morgan fingerprint density at radius 3 is 2.52 bits per heavy atom. The molecular formula is C20H22N4O3S2. The van der Waals surface area contributed by atoms with E-state index in [1.165, 1.54) is 35.8 Å². The molecule has 3 rings (SSSR count). The number of anilines is 1. The summed E-state index contributed by atoms with van der Waals surface area (Å²) in [5.74, 6) is 0.216. The van der Waals surface area contributed by atoms with Gasteiger partial charge in [-0.1, -0.05) is 41.6 Å². The van der Waals surface area contributed by atoms with Crippen molar-refractivity contribution in [3.8, 4) is 11.4 Å². The molecule has 2 aromatic heterocycles. The Kier molecular flexibility index (Phi) is 6.39. The highest BCUT2D eigenvalue weighted by Gasteiger charge is 2.22. The van der Waals surface area contributed by atoms with Crippen molar-refractivity contribution in [3.05, 3.63) is 45.8 Å². The first-order valence-electron chi connectivity index (χ1n) is 8.89. The molecule has 3 aromatic rings. The number of esters is 1. The molecule has 0 atom stereocenters. The zero-order valence-electron chi connectivity index (χ0n) is 16.9. The van der Waals surface area contributed by atoms with Crippen LogP contribution in [-0.4, -0.2) is 39.5 Å². The van der Waals surface area contributed by atoms with Gasteiger partial charge in [0.15, 0.2) is 11.0 Å². The minimum absolute atomic E-state index is 0.149. The van der Waals surface area contributed by atoms with E-state index in [-0.39, 0.29) is 11.7 Å². The zero-order valence-corrected chi connectivity index (χ0v) is 18.5. The summed E-state index contributed by atoms with van der Waals surface area (Å²) in [6, 6.07) is 8.04. The summed E-state index contributed by atoms with van der Waals surface area (Å²) in [7, 11) is 3.20. The van der Waals surface area contributed by atoms with Gasteiger partial charge in [0.25, 0.3) is 0 Å². The fraction of sp³-hybridized carbons (Fsp3) is 0.300. The lowest BCUT2D eigenvalue weighted by atomic mass is 10.1. The van der Waals surface area contributed by atoms with Crippen molar-refractivity contribution in [1.29, 1.82) is 0 Å². The molecule has 0 saturated carbocycles. The van der Waals surface area contributed by atoms with Gasteiger partial charge >= 0.3 is 5.97 Å². The third-order valence-corrected chi connectivity index (χ3v) is 6.65. The molecule has 0 aliphatic heterocycles. The second kappa shape index (κ2) is 8.79. The van der Waals surface area contributed by atoms with E-state index in [4.69, 9.17) is 4.74 Å². The number of rotatable bonds is 6. The Balaban J connectivity index is 1.69. The van der Waals surface area contributed by atoms with Gasteiger partial charge in [-0.2, -0.15) is 0 Å². The van der Waals surface area contributed by atoms with Gasteiger partial charge in [-0.3, -0.25) is 4.79 Å². The van der Waals surface area contributed by atoms with Crippen molar-refractivity contribution in [1.82, 2.24) is 14.8 Å². The van der Waals surface area contributed by atoms with Crippen molar-refractivity contribution < 1.29 is 14.3 Å². The van der Waals surface area contributed by atoms with Gasteiger partial charge in [0.2, 0.25) is 5.91 Å². The average molecular weight is 431 g/mol. The first kappa shape index (κ1) is 21.1. The van der Waals surface area contributed by atoms with Gasteiger partial charge in [-0.15, -0.1) is 21.5 Å². The summed E-state index contributed by atoms with van der Waals surface area (Å²) < 4.78 is 6.70. The number of carbonyl (C=O) groups excluding carboxylic acids is 2. The topological polar surface area (TPSA) is 86.1 Å². The molecule has 152 valence electrons. The minimum Gasteiger partial charge on any atom is -0.465 e. The van der Waals surface area contributed by atoms with Gasteiger partial charge in [-0.25, -0.2) is 4.79 Å². The Hall–Kier alpha value is -2.65. The second-order valence-electron chi connectivity index (χ2n) is 6.55. The lowest BCUT2D eigenvalue weighted by Gasteiger charge is -2.06. The summed E-state index contributed by atoms with van der Waals surface area (Å²) in [5, 5.41) is 12.4. The quantitative estimate of drug-likeness (QED) is 0.470. The summed E-state index contributed by atoms with van der Waals surface area (Å²) in [4.78, 5) is 25.5. The molecule has 0 aliphatic rings. The highest BCUT2D eigenvalue weighted by atomic mass is 32.2. The number of benzene rings is 1. The summed E-state index contributed by atoms with van der Waals surface area (Å²) in [5.41, 5.74) is 3.37. The van der Waals surface area contributed by atoms with E-state index >= 15 is 0 Å². The minimum atomic E-state index is -0.453. The van der Waals surface area contributed by atoms with Crippen LogP contribution in [0.3, 0.4) is 0 Å². The molecule has 0 unspecified atom stereocenters. The third kappa shape index (κ3) is 4.51. The molecule has 1 N–H and O–H groups in total. The number of nitrogens with zero attached hydrogens (tertiary/aromatic N) is 3. The predicted molar refractivity (Wildman–Crippen MR) is 116 cm³/mol. The van der Waals surface area contributed by atoms with E-state index in [1.807, 2.05) is 56.7 Å². The largest absolute Gasteiger partial charge is 0.465 e. The Bertz CT molecular complexity index is 1050. The number of aryl methyl sites for hydroxylation is 2. The van der Waals surface area contributed by atoms with Crippen LogP contribution in [0.4, 0.5) is 5.00 Å². The summed E-state index contributed by atoms with van der Waals surface area (Å²) in [6.45, 7) is 5.78. The fourth-order valence-electron chi connectivity index (χ4n) is 2.75. The molecule has 2 heterocycles. The zero-order chi connectivity index (χ0) is 21.1. The Labute approximate surface area is 177 Å². The Morgan fingerprint density at radius 1 is 1.17 bits per heavy atom. The van der Waals surface area contributed by atoms with Crippen molar-refractivity contribution in [2.45, 2.75) is 25.9 Å². The van der Waals surface area contributed by atoms with E-state index in [9.17, 15) is 9.59 Å². The molecule has 0 fully saturated rings. The van der Waals surface area contributed by atoms with Gasteiger partial charge in [0.05, 0.1) is 18.4 Å². The van der Waals surface area contributed by atoms with Crippen molar-refractivity contribution in [2.24, 2.45) is 7.05 Å². The number of nitrogens with one attached hydrogen (secondary N) is 1. The molecule has 0 aliphatic carbocycles. The van der Waals surface area contributed by atoms with Crippen LogP contribution in [0.1, 0.15) is 26.4 Å². The maximum Gasteiger partial charge on any atom is 0.341 e. The van der Waals surface area contributed by atoms with Gasteiger partial charge in [0, 0.05) is 17.5 Å².